The minimum Gasteiger partial charge on any atom is -0.340 e. The molecule has 0 aromatic carbocycles. The summed E-state index contributed by atoms with van der Waals surface area (Å²) in [5, 5.41) is 3.41. The average Bonchev–Trinajstić information content (AvgIpc) is 2.89. The molecule has 0 aromatic heterocycles. The van der Waals surface area contributed by atoms with Gasteiger partial charge in [0.25, 0.3) is 0 Å². The highest BCUT2D eigenvalue weighted by atomic mass is 35.5. The van der Waals surface area contributed by atoms with E-state index in [-0.39, 0.29) is 24.8 Å². The number of rotatable bonds is 4. The molecule has 0 bridgehead atoms. The van der Waals surface area contributed by atoms with Crippen molar-refractivity contribution in [2.75, 3.05) is 39.3 Å². The minimum atomic E-state index is 0. The van der Waals surface area contributed by atoms with E-state index in [0.29, 0.717) is 23.8 Å². The van der Waals surface area contributed by atoms with E-state index in [0.717, 1.165) is 45.7 Å². The molecular weight excluding hydrogens is 321 g/mol. The summed E-state index contributed by atoms with van der Waals surface area (Å²) in [5.74, 6) is 0.347. The lowest BCUT2D eigenvalue weighted by Gasteiger charge is -2.36. The number of hydrogen-bond acceptors (Lipinski definition) is 3. The zero-order chi connectivity index (χ0) is 14.6. The fourth-order valence-corrected chi connectivity index (χ4v) is 2.99. The van der Waals surface area contributed by atoms with Crippen molar-refractivity contribution in [1.82, 2.24) is 15.1 Å². The number of amides is 1. The van der Waals surface area contributed by atoms with Gasteiger partial charge in [-0.25, -0.2) is 0 Å². The standard InChI is InChI=1S/C16H31N3O.2ClH/c1-16(2,3)6-8-18-9-11-19(12-10-18)15(20)13-14-5-4-7-17-14;;/h14,17H,4-13H2,1-3H3;2*1H. The molecule has 2 aliphatic rings. The predicted molar refractivity (Wildman–Crippen MR) is 97.2 cm³/mol. The Morgan fingerprint density at radius 1 is 1.14 bits per heavy atom. The summed E-state index contributed by atoms with van der Waals surface area (Å²) in [6.45, 7) is 13.0. The van der Waals surface area contributed by atoms with Crippen LogP contribution in [-0.4, -0.2) is 61.0 Å². The third kappa shape index (κ3) is 7.49. The summed E-state index contributed by atoms with van der Waals surface area (Å²) < 4.78 is 0. The highest BCUT2D eigenvalue weighted by Gasteiger charge is 2.25. The van der Waals surface area contributed by atoms with Crippen LogP contribution in [0.5, 0.6) is 0 Å². The summed E-state index contributed by atoms with van der Waals surface area (Å²) in [5.41, 5.74) is 0.404. The second-order valence-corrected chi connectivity index (χ2v) is 7.53. The minimum absolute atomic E-state index is 0. The maximum absolute atomic E-state index is 12.2. The van der Waals surface area contributed by atoms with Gasteiger partial charge in [-0.2, -0.15) is 0 Å². The Labute approximate surface area is 148 Å². The van der Waals surface area contributed by atoms with Gasteiger partial charge in [0.05, 0.1) is 0 Å². The second kappa shape index (κ2) is 9.96. The number of hydrogen-bond donors (Lipinski definition) is 1. The highest BCUT2D eigenvalue weighted by Crippen LogP contribution is 2.19. The maximum atomic E-state index is 12.2. The molecule has 6 heteroatoms. The highest BCUT2D eigenvalue weighted by molar-refractivity contribution is 5.85. The molecular formula is C16H33Cl2N3O. The lowest BCUT2D eigenvalue weighted by Crippen LogP contribution is -2.50. The zero-order valence-electron chi connectivity index (χ0n) is 14.3. The van der Waals surface area contributed by atoms with Gasteiger partial charge in [-0.1, -0.05) is 20.8 Å². The summed E-state index contributed by atoms with van der Waals surface area (Å²) in [6, 6.07) is 0.432. The first-order valence-corrected chi connectivity index (χ1v) is 8.17. The third-order valence-electron chi connectivity index (χ3n) is 4.49. The van der Waals surface area contributed by atoms with E-state index in [1.165, 1.54) is 12.8 Å². The molecule has 0 saturated carbocycles. The van der Waals surface area contributed by atoms with Crippen LogP contribution in [0, 0.1) is 5.41 Å². The molecule has 1 N–H and O–H groups in total. The Morgan fingerprint density at radius 3 is 2.27 bits per heavy atom. The Bertz CT molecular complexity index is 320. The SMILES string of the molecule is CC(C)(C)CCN1CCN(C(=O)CC2CCCN2)CC1.Cl.Cl. The number of carbonyl (C=O) groups excluding carboxylic acids is 1. The molecule has 22 heavy (non-hydrogen) atoms. The topological polar surface area (TPSA) is 35.6 Å². The van der Waals surface area contributed by atoms with Crippen LogP contribution in [0.2, 0.25) is 0 Å². The number of halogens is 2. The normalized spacial score (nSPS) is 22.9. The van der Waals surface area contributed by atoms with Crippen molar-refractivity contribution < 1.29 is 4.79 Å². The summed E-state index contributed by atoms with van der Waals surface area (Å²) >= 11 is 0. The van der Waals surface area contributed by atoms with E-state index in [1.54, 1.807) is 0 Å². The maximum Gasteiger partial charge on any atom is 0.224 e. The number of nitrogens with zero attached hydrogens (tertiary/aromatic N) is 2. The van der Waals surface area contributed by atoms with Crippen molar-refractivity contribution in [1.29, 1.82) is 0 Å². The van der Waals surface area contributed by atoms with Gasteiger partial charge in [-0.05, 0) is 37.8 Å². The molecule has 2 heterocycles. The number of piperazine rings is 1. The van der Waals surface area contributed by atoms with Crippen molar-refractivity contribution in [3.63, 3.8) is 0 Å². The first-order chi connectivity index (χ1) is 9.44. The van der Waals surface area contributed by atoms with E-state index in [2.05, 4.69) is 35.9 Å². The second-order valence-electron chi connectivity index (χ2n) is 7.53. The van der Waals surface area contributed by atoms with Crippen LogP contribution < -0.4 is 5.32 Å². The van der Waals surface area contributed by atoms with Crippen molar-refractivity contribution in [2.24, 2.45) is 5.41 Å². The van der Waals surface area contributed by atoms with Gasteiger partial charge in [0.2, 0.25) is 5.91 Å². The van der Waals surface area contributed by atoms with Gasteiger partial charge in [-0.15, -0.1) is 24.8 Å². The van der Waals surface area contributed by atoms with Gasteiger partial charge in [-0.3, -0.25) is 9.69 Å². The average molecular weight is 354 g/mol. The molecule has 1 amide bonds. The first-order valence-electron chi connectivity index (χ1n) is 8.17. The molecule has 0 aliphatic carbocycles. The molecule has 0 spiro atoms. The van der Waals surface area contributed by atoms with Gasteiger partial charge in [0, 0.05) is 38.6 Å². The van der Waals surface area contributed by atoms with Gasteiger partial charge in [0.15, 0.2) is 0 Å². The molecule has 2 rings (SSSR count). The number of nitrogens with one attached hydrogen (secondary N) is 1. The van der Waals surface area contributed by atoms with E-state index in [1.807, 2.05) is 0 Å². The molecule has 2 saturated heterocycles. The van der Waals surface area contributed by atoms with E-state index >= 15 is 0 Å². The van der Waals surface area contributed by atoms with Crippen molar-refractivity contribution >= 4 is 30.7 Å². The Morgan fingerprint density at radius 2 is 1.77 bits per heavy atom. The summed E-state index contributed by atoms with van der Waals surface area (Å²) in [7, 11) is 0. The monoisotopic (exact) mass is 353 g/mol. The van der Waals surface area contributed by atoms with E-state index in [4.69, 9.17) is 0 Å². The third-order valence-corrected chi connectivity index (χ3v) is 4.49. The molecule has 1 atom stereocenters. The van der Waals surface area contributed by atoms with E-state index in [9.17, 15) is 4.79 Å². The van der Waals surface area contributed by atoms with Crippen molar-refractivity contribution in [3.8, 4) is 0 Å². The van der Waals surface area contributed by atoms with Gasteiger partial charge >= 0.3 is 0 Å². The Kier molecular flexibility index (Phi) is 9.95. The molecule has 1 unspecified atom stereocenters. The largest absolute Gasteiger partial charge is 0.340 e. The molecule has 2 aliphatic heterocycles. The quantitative estimate of drug-likeness (QED) is 0.843. The van der Waals surface area contributed by atoms with Crippen LogP contribution in [0.25, 0.3) is 0 Å². The summed E-state index contributed by atoms with van der Waals surface area (Å²) in [6.07, 6.45) is 4.31. The number of carbonyl (C=O) groups is 1. The van der Waals surface area contributed by atoms with Crippen LogP contribution in [0.1, 0.15) is 46.5 Å². The zero-order valence-corrected chi connectivity index (χ0v) is 15.9. The Balaban J connectivity index is 0.00000220. The smallest absolute Gasteiger partial charge is 0.224 e. The summed E-state index contributed by atoms with van der Waals surface area (Å²) in [4.78, 5) is 16.8. The van der Waals surface area contributed by atoms with Gasteiger partial charge < -0.3 is 10.2 Å². The predicted octanol–water partition coefficient (Wildman–Crippen LogP) is 2.55. The molecule has 4 nitrogen and oxygen atoms in total. The molecule has 2 fully saturated rings. The van der Waals surface area contributed by atoms with Crippen LogP contribution >= 0.6 is 24.8 Å². The molecule has 132 valence electrons. The van der Waals surface area contributed by atoms with Gasteiger partial charge in [0.1, 0.15) is 0 Å². The Hall–Kier alpha value is -0.0300. The van der Waals surface area contributed by atoms with Crippen molar-refractivity contribution in [3.05, 3.63) is 0 Å². The van der Waals surface area contributed by atoms with Crippen molar-refractivity contribution in [2.45, 2.75) is 52.5 Å². The fraction of sp³-hybridized carbons (Fsp3) is 0.938. The lowest BCUT2D eigenvalue weighted by atomic mass is 9.92. The van der Waals surface area contributed by atoms with Crippen LogP contribution in [0.4, 0.5) is 0 Å². The van der Waals surface area contributed by atoms with Crippen LogP contribution in [0.15, 0.2) is 0 Å². The van der Waals surface area contributed by atoms with Crippen LogP contribution in [0.3, 0.4) is 0 Å². The fourth-order valence-electron chi connectivity index (χ4n) is 2.99. The van der Waals surface area contributed by atoms with E-state index < -0.39 is 0 Å². The molecule has 0 aromatic rings. The molecule has 0 radical (unpaired) electrons. The lowest BCUT2D eigenvalue weighted by molar-refractivity contribution is -0.133. The van der Waals surface area contributed by atoms with Crippen LogP contribution in [-0.2, 0) is 4.79 Å². The first kappa shape index (κ1) is 22.0.